The molecule has 3 heteroatoms. The second kappa shape index (κ2) is 4.60. The van der Waals surface area contributed by atoms with Crippen LogP contribution in [0.4, 0.5) is 0 Å². The Morgan fingerprint density at radius 2 is 2.43 bits per heavy atom. The molecule has 1 N–H and O–H groups in total. The van der Waals surface area contributed by atoms with E-state index < -0.39 is 0 Å². The van der Waals surface area contributed by atoms with E-state index in [0.29, 0.717) is 12.1 Å². The molecule has 0 radical (unpaired) electrons. The van der Waals surface area contributed by atoms with Gasteiger partial charge in [-0.05, 0) is 32.2 Å². The molecule has 0 saturated heterocycles. The first-order chi connectivity index (χ1) is 6.92. The molecule has 0 aromatic carbocycles. The summed E-state index contributed by atoms with van der Waals surface area (Å²) in [7, 11) is 0. The zero-order chi connectivity index (χ0) is 9.80. The number of aromatic nitrogens is 2. The van der Waals surface area contributed by atoms with Crippen molar-refractivity contribution in [3.63, 3.8) is 0 Å². The Kier molecular flexibility index (Phi) is 3.19. The zero-order valence-electron chi connectivity index (χ0n) is 8.82. The molecule has 1 aliphatic carbocycles. The maximum absolute atomic E-state index is 4.12. The predicted molar refractivity (Wildman–Crippen MR) is 57.2 cm³/mol. The van der Waals surface area contributed by atoms with Crippen molar-refractivity contribution >= 4 is 0 Å². The molecular weight excluding hydrogens is 174 g/mol. The first-order valence-corrected chi connectivity index (χ1v) is 5.62. The van der Waals surface area contributed by atoms with Crippen molar-refractivity contribution in [2.45, 2.75) is 44.7 Å². The van der Waals surface area contributed by atoms with Gasteiger partial charge in [0.15, 0.2) is 0 Å². The van der Waals surface area contributed by atoms with E-state index in [1.54, 1.807) is 0 Å². The third-order valence-electron chi connectivity index (χ3n) is 3.04. The Morgan fingerprint density at radius 3 is 3.14 bits per heavy atom. The summed E-state index contributed by atoms with van der Waals surface area (Å²) in [6.45, 7) is 3.35. The van der Waals surface area contributed by atoms with Gasteiger partial charge in [0, 0.05) is 24.5 Å². The van der Waals surface area contributed by atoms with Gasteiger partial charge >= 0.3 is 0 Å². The highest BCUT2D eigenvalue weighted by Gasteiger charge is 2.27. The topological polar surface area (TPSA) is 29.9 Å². The summed E-state index contributed by atoms with van der Waals surface area (Å²) in [6, 6.07) is 1.29. The standard InChI is InChI=1S/C11H19N3/c1-2-6-13-10-4-3-5-11(10)14-8-7-12-9-14/h7-11,13H,2-6H2,1H3/t10-,11+/m1/s1. The number of hydrogen-bond acceptors (Lipinski definition) is 2. The molecule has 1 saturated carbocycles. The lowest BCUT2D eigenvalue weighted by Gasteiger charge is -2.21. The third-order valence-corrected chi connectivity index (χ3v) is 3.04. The van der Waals surface area contributed by atoms with Gasteiger partial charge in [-0.1, -0.05) is 6.92 Å². The Morgan fingerprint density at radius 1 is 1.50 bits per heavy atom. The van der Waals surface area contributed by atoms with Crippen molar-refractivity contribution < 1.29 is 0 Å². The van der Waals surface area contributed by atoms with Crippen LogP contribution in [0.2, 0.25) is 0 Å². The lowest BCUT2D eigenvalue weighted by Crippen LogP contribution is -2.33. The highest BCUT2D eigenvalue weighted by atomic mass is 15.1. The quantitative estimate of drug-likeness (QED) is 0.792. The van der Waals surface area contributed by atoms with Crippen molar-refractivity contribution in [2.24, 2.45) is 0 Å². The highest BCUT2D eigenvalue weighted by Crippen LogP contribution is 2.29. The van der Waals surface area contributed by atoms with Gasteiger partial charge in [-0.25, -0.2) is 4.98 Å². The lowest BCUT2D eigenvalue weighted by atomic mass is 10.1. The van der Waals surface area contributed by atoms with Crippen LogP contribution in [0.5, 0.6) is 0 Å². The maximum Gasteiger partial charge on any atom is 0.0949 e. The fraction of sp³-hybridized carbons (Fsp3) is 0.727. The van der Waals surface area contributed by atoms with Crippen molar-refractivity contribution in [3.05, 3.63) is 18.7 Å². The molecule has 14 heavy (non-hydrogen) atoms. The van der Waals surface area contributed by atoms with Crippen molar-refractivity contribution in [2.75, 3.05) is 6.54 Å². The SMILES string of the molecule is CCCN[C@@H]1CCC[C@@H]1n1ccnc1. The van der Waals surface area contributed by atoms with Gasteiger partial charge in [0.2, 0.25) is 0 Å². The molecular formula is C11H19N3. The Hall–Kier alpha value is -0.830. The van der Waals surface area contributed by atoms with Gasteiger partial charge in [-0.15, -0.1) is 0 Å². The van der Waals surface area contributed by atoms with E-state index in [0.717, 1.165) is 6.54 Å². The molecule has 1 aromatic heterocycles. The summed E-state index contributed by atoms with van der Waals surface area (Å²) in [5, 5.41) is 3.62. The molecule has 0 unspecified atom stereocenters. The number of hydrogen-bond donors (Lipinski definition) is 1. The minimum absolute atomic E-state index is 0.629. The summed E-state index contributed by atoms with van der Waals surface area (Å²) in [5.74, 6) is 0. The molecule has 0 aliphatic heterocycles. The maximum atomic E-state index is 4.12. The fourth-order valence-corrected chi connectivity index (χ4v) is 2.33. The van der Waals surface area contributed by atoms with Crippen molar-refractivity contribution in [3.8, 4) is 0 Å². The minimum Gasteiger partial charge on any atom is -0.333 e. The summed E-state index contributed by atoms with van der Waals surface area (Å²) in [4.78, 5) is 4.12. The molecule has 1 heterocycles. The minimum atomic E-state index is 0.629. The smallest absolute Gasteiger partial charge is 0.0949 e. The van der Waals surface area contributed by atoms with E-state index in [9.17, 15) is 0 Å². The van der Waals surface area contributed by atoms with Crippen LogP contribution in [0.15, 0.2) is 18.7 Å². The molecule has 0 amide bonds. The van der Waals surface area contributed by atoms with Crippen LogP contribution in [-0.4, -0.2) is 22.1 Å². The van der Waals surface area contributed by atoms with Crippen LogP contribution >= 0.6 is 0 Å². The van der Waals surface area contributed by atoms with Crippen LogP contribution in [0.3, 0.4) is 0 Å². The van der Waals surface area contributed by atoms with Crippen molar-refractivity contribution in [1.29, 1.82) is 0 Å². The molecule has 2 atom stereocenters. The Balaban J connectivity index is 1.97. The first-order valence-electron chi connectivity index (χ1n) is 5.62. The van der Waals surface area contributed by atoms with Crippen LogP contribution < -0.4 is 5.32 Å². The second-order valence-electron chi connectivity index (χ2n) is 4.07. The van der Waals surface area contributed by atoms with Crippen LogP contribution in [0.25, 0.3) is 0 Å². The molecule has 1 fully saturated rings. The molecule has 2 rings (SSSR count). The van der Waals surface area contributed by atoms with Gasteiger partial charge in [-0.3, -0.25) is 0 Å². The summed E-state index contributed by atoms with van der Waals surface area (Å²) in [6.07, 6.45) is 11.0. The molecule has 78 valence electrons. The number of nitrogens with one attached hydrogen (secondary N) is 1. The normalized spacial score (nSPS) is 26.9. The Labute approximate surface area is 85.5 Å². The average molecular weight is 193 g/mol. The number of imidazole rings is 1. The summed E-state index contributed by atoms with van der Waals surface area (Å²) in [5.41, 5.74) is 0. The van der Waals surface area contributed by atoms with Crippen LogP contribution in [-0.2, 0) is 0 Å². The molecule has 1 aromatic rings. The summed E-state index contributed by atoms with van der Waals surface area (Å²) < 4.78 is 2.25. The van der Waals surface area contributed by atoms with E-state index in [-0.39, 0.29) is 0 Å². The van der Waals surface area contributed by atoms with Crippen molar-refractivity contribution in [1.82, 2.24) is 14.9 Å². The van der Waals surface area contributed by atoms with E-state index >= 15 is 0 Å². The van der Waals surface area contributed by atoms with Gasteiger partial charge in [0.05, 0.1) is 6.33 Å². The lowest BCUT2D eigenvalue weighted by molar-refractivity contribution is 0.392. The zero-order valence-corrected chi connectivity index (χ0v) is 8.82. The monoisotopic (exact) mass is 193 g/mol. The van der Waals surface area contributed by atoms with Crippen LogP contribution in [0, 0.1) is 0 Å². The fourth-order valence-electron chi connectivity index (χ4n) is 2.33. The summed E-state index contributed by atoms with van der Waals surface area (Å²) >= 11 is 0. The second-order valence-corrected chi connectivity index (χ2v) is 4.07. The Bertz CT molecular complexity index is 256. The van der Waals surface area contributed by atoms with E-state index in [1.165, 1.54) is 25.7 Å². The van der Waals surface area contributed by atoms with Crippen LogP contribution in [0.1, 0.15) is 38.6 Å². The third kappa shape index (κ3) is 1.98. The van der Waals surface area contributed by atoms with E-state index in [2.05, 4.69) is 28.0 Å². The largest absolute Gasteiger partial charge is 0.333 e. The highest BCUT2D eigenvalue weighted by molar-refractivity contribution is 4.91. The molecule has 0 spiro atoms. The molecule has 0 bridgehead atoms. The molecule has 1 aliphatic rings. The van der Waals surface area contributed by atoms with Gasteiger partial charge in [0.25, 0.3) is 0 Å². The van der Waals surface area contributed by atoms with E-state index in [1.807, 2.05) is 12.5 Å². The van der Waals surface area contributed by atoms with Gasteiger partial charge < -0.3 is 9.88 Å². The first kappa shape index (κ1) is 9.71. The van der Waals surface area contributed by atoms with E-state index in [4.69, 9.17) is 0 Å². The average Bonchev–Trinajstić information content (AvgIpc) is 2.84. The molecule has 3 nitrogen and oxygen atoms in total. The predicted octanol–water partition coefficient (Wildman–Crippen LogP) is 1.98. The van der Waals surface area contributed by atoms with Gasteiger partial charge in [0.1, 0.15) is 0 Å². The number of rotatable bonds is 4. The number of nitrogens with zero attached hydrogens (tertiary/aromatic N) is 2. The van der Waals surface area contributed by atoms with Gasteiger partial charge in [-0.2, -0.15) is 0 Å².